The molecule has 0 spiro atoms. The van der Waals surface area contributed by atoms with Crippen molar-refractivity contribution in [2.24, 2.45) is 0 Å². The van der Waals surface area contributed by atoms with E-state index in [0.29, 0.717) is 6.42 Å². The smallest absolute Gasteiger partial charge is 0.220 e. The van der Waals surface area contributed by atoms with Crippen LogP contribution in [0.2, 0.25) is 0 Å². The van der Waals surface area contributed by atoms with Crippen molar-refractivity contribution in [2.45, 2.75) is 436 Å². The number of aliphatic hydroxyl groups is 5. The van der Waals surface area contributed by atoms with E-state index >= 15 is 0 Å². The van der Waals surface area contributed by atoms with Gasteiger partial charge in [0.1, 0.15) is 24.4 Å². The molecule has 0 aromatic heterocycles. The average molecular weight is 1240 g/mol. The zero-order valence-electron chi connectivity index (χ0n) is 58.3. The van der Waals surface area contributed by atoms with Gasteiger partial charge in [-0.25, -0.2) is 0 Å². The van der Waals surface area contributed by atoms with E-state index in [-0.39, 0.29) is 12.5 Å². The number of carbonyl (C=O) groups is 1. The Kier molecular flexibility index (Phi) is 65.1. The monoisotopic (exact) mass is 1240 g/mol. The summed E-state index contributed by atoms with van der Waals surface area (Å²) >= 11 is 0. The van der Waals surface area contributed by atoms with Crippen LogP contribution >= 0.6 is 0 Å². The summed E-state index contributed by atoms with van der Waals surface area (Å²) in [5.41, 5.74) is 0. The van der Waals surface area contributed by atoms with E-state index in [0.717, 1.165) is 44.9 Å². The minimum absolute atomic E-state index is 0.183. The topological polar surface area (TPSA) is 149 Å². The standard InChI is InChI=1S/C79H149NO8/c1-3-5-7-9-11-13-15-17-19-21-23-25-27-29-31-33-34-35-36-37-38-39-40-41-43-45-47-49-51-53-55-57-59-61-63-65-67-69-75(83)80-72(71-87-79-78(86)77(85)76(84)74(70-81)88-79)73(82)68-66-64-62-60-58-56-54-52-50-48-46-44-42-32-30-28-26-24-22-20-18-16-14-12-10-8-6-4-2/h21,23,50,52,58,60,66,68,72-74,76-79,81-82,84-86H,3-20,22,24-49,51,53-57,59,61-65,67,69-71H2,1-2H3,(H,80,83)/b23-21-,52-50+,60-58+,68-66+. The normalized spacial score (nSPS) is 18.1. The summed E-state index contributed by atoms with van der Waals surface area (Å²) in [6, 6.07) is -0.830. The van der Waals surface area contributed by atoms with Gasteiger partial charge in [-0.2, -0.15) is 0 Å². The molecule has 1 aliphatic rings. The molecule has 1 fully saturated rings. The Hall–Kier alpha value is -1.85. The van der Waals surface area contributed by atoms with E-state index in [1.165, 1.54) is 327 Å². The third-order valence-corrected chi connectivity index (χ3v) is 18.6. The molecule has 0 aromatic rings. The van der Waals surface area contributed by atoms with E-state index in [2.05, 4.69) is 55.6 Å². The lowest BCUT2D eigenvalue weighted by molar-refractivity contribution is -0.302. The first-order valence-corrected chi connectivity index (χ1v) is 38.9. The molecule has 1 amide bonds. The molecule has 1 heterocycles. The van der Waals surface area contributed by atoms with Gasteiger partial charge in [0, 0.05) is 6.42 Å². The maximum Gasteiger partial charge on any atom is 0.220 e. The fourth-order valence-electron chi connectivity index (χ4n) is 12.5. The van der Waals surface area contributed by atoms with Crippen molar-refractivity contribution >= 4 is 5.91 Å². The summed E-state index contributed by atoms with van der Waals surface area (Å²) in [4.78, 5) is 13.2. The Balaban J connectivity index is 2.09. The zero-order chi connectivity index (χ0) is 63.5. The SMILES string of the molecule is CCCCCCCCCC/C=C\CCCCCCCCCCCCCCCCCCCCCCCCCCCC(=O)NC(COC1OC(CO)C(O)C(O)C1O)C(O)/C=C/CC/C=C/CC/C=C/CCCCCCCCCCCCCCCCCCCC. The molecule has 0 saturated carbocycles. The fraction of sp³-hybridized carbons (Fsp3) is 0.886. The highest BCUT2D eigenvalue weighted by Gasteiger charge is 2.44. The Bertz CT molecular complexity index is 1530. The number of ether oxygens (including phenoxy) is 2. The first-order chi connectivity index (χ1) is 43.3. The van der Waals surface area contributed by atoms with Crippen molar-refractivity contribution in [3.63, 3.8) is 0 Å². The van der Waals surface area contributed by atoms with Crippen LogP contribution in [0.25, 0.3) is 0 Å². The van der Waals surface area contributed by atoms with E-state index in [1.807, 2.05) is 6.08 Å². The Morgan fingerprint density at radius 2 is 0.648 bits per heavy atom. The average Bonchev–Trinajstić information content (AvgIpc) is 3.29. The second-order valence-electron chi connectivity index (χ2n) is 27.1. The minimum atomic E-state index is -1.58. The van der Waals surface area contributed by atoms with Gasteiger partial charge < -0.3 is 40.3 Å². The first-order valence-electron chi connectivity index (χ1n) is 38.9. The van der Waals surface area contributed by atoms with Crippen LogP contribution in [0.5, 0.6) is 0 Å². The molecule has 7 atom stereocenters. The summed E-state index contributed by atoms with van der Waals surface area (Å²) < 4.78 is 11.3. The number of aliphatic hydroxyl groups excluding tert-OH is 5. The predicted octanol–water partition coefficient (Wildman–Crippen LogP) is 21.9. The van der Waals surface area contributed by atoms with Gasteiger partial charge in [0.15, 0.2) is 6.29 Å². The molecule has 9 heteroatoms. The molecular weight excluding hydrogens is 1090 g/mol. The number of hydrogen-bond acceptors (Lipinski definition) is 8. The van der Waals surface area contributed by atoms with Gasteiger partial charge in [0.25, 0.3) is 0 Å². The minimum Gasteiger partial charge on any atom is -0.394 e. The third-order valence-electron chi connectivity index (χ3n) is 18.6. The quantitative estimate of drug-likeness (QED) is 0.0261. The Morgan fingerprint density at radius 3 is 0.955 bits per heavy atom. The van der Waals surface area contributed by atoms with Crippen LogP contribution < -0.4 is 5.32 Å². The van der Waals surface area contributed by atoms with Gasteiger partial charge in [-0.05, 0) is 70.6 Å². The molecule has 7 unspecified atom stereocenters. The molecule has 1 aliphatic heterocycles. The lowest BCUT2D eigenvalue weighted by Gasteiger charge is -2.40. The molecule has 0 bridgehead atoms. The largest absolute Gasteiger partial charge is 0.394 e. The van der Waals surface area contributed by atoms with Crippen LogP contribution in [0.1, 0.15) is 393 Å². The molecular formula is C79H149NO8. The van der Waals surface area contributed by atoms with E-state index in [9.17, 15) is 30.3 Å². The Labute approximate surface area is 545 Å². The molecule has 518 valence electrons. The van der Waals surface area contributed by atoms with Crippen molar-refractivity contribution in [2.75, 3.05) is 13.2 Å². The van der Waals surface area contributed by atoms with Crippen LogP contribution in [0.15, 0.2) is 48.6 Å². The third kappa shape index (κ3) is 55.8. The van der Waals surface area contributed by atoms with Crippen LogP contribution in [0.3, 0.4) is 0 Å². The lowest BCUT2D eigenvalue weighted by atomic mass is 9.99. The van der Waals surface area contributed by atoms with Gasteiger partial charge in [-0.1, -0.05) is 364 Å². The van der Waals surface area contributed by atoms with Crippen molar-refractivity contribution in [1.29, 1.82) is 0 Å². The highest BCUT2D eigenvalue weighted by Crippen LogP contribution is 2.24. The fourth-order valence-corrected chi connectivity index (χ4v) is 12.5. The molecule has 0 aromatic carbocycles. The van der Waals surface area contributed by atoms with Crippen LogP contribution in [0.4, 0.5) is 0 Å². The van der Waals surface area contributed by atoms with Crippen molar-refractivity contribution in [3.05, 3.63) is 48.6 Å². The summed E-state index contributed by atoms with van der Waals surface area (Å²) in [7, 11) is 0. The van der Waals surface area contributed by atoms with Crippen LogP contribution in [-0.4, -0.2) is 87.5 Å². The zero-order valence-corrected chi connectivity index (χ0v) is 58.3. The molecule has 9 nitrogen and oxygen atoms in total. The number of amides is 1. The molecule has 0 radical (unpaired) electrons. The van der Waals surface area contributed by atoms with Crippen molar-refractivity contribution < 1.29 is 39.8 Å². The maximum atomic E-state index is 13.2. The van der Waals surface area contributed by atoms with E-state index in [1.54, 1.807) is 6.08 Å². The second-order valence-corrected chi connectivity index (χ2v) is 27.1. The first kappa shape index (κ1) is 84.2. The van der Waals surface area contributed by atoms with E-state index < -0.39 is 49.5 Å². The maximum absolute atomic E-state index is 13.2. The number of carbonyl (C=O) groups excluding carboxylic acids is 1. The number of hydrogen-bond donors (Lipinski definition) is 6. The van der Waals surface area contributed by atoms with Gasteiger partial charge in [-0.3, -0.25) is 4.79 Å². The van der Waals surface area contributed by atoms with Gasteiger partial charge in [0.05, 0.1) is 25.4 Å². The molecule has 1 rings (SSSR count). The van der Waals surface area contributed by atoms with Crippen LogP contribution in [0, 0.1) is 0 Å². The van der Waals surface area contributed by atoms with Crippen LogP contribution in [-0.2, 0) is 14.3 Å². The molecule has 6 N–H and O–H groups in total. The molecule has 88 heavy (non-hydrogen) atoms. The summed E-state index contributed by atoms with van der Waals surface area (Å²) in [6.07, 6.45) is 86.9. The molecule has 0 aliphatic carbocycles. The summed E-state index contributed by atoms with van der Waals surface area (Å²) in [5.74, 6) is -0.183. The Morgan fingerprint density at radius 1 is 0.375 bits per heavy atom. The van der Waals surface area contributed by atoms with Gasteiger partial charge in [-0.15, -0.1) is 0 Å². The lowest BCUT2D eigenvalue weighted by Crippen LogP contribution is -2.60. The molecule has 1 saturated heterocycles. The second kappa shape index (κ2) is 68.0. The predicted molar refractivity (Wildman–Crippen MR) is 378 cm³/mol. The van der Waals surface area contributed by atoms with Crippen molar-refractivity contribution in [3.8, 4) is 0 Å². The van der Waals surface area contributed by atoms with Gasteiger partial charge in [0.2, 0.25) is 5.91 Å². The van der Waals surface area contributed by atoms with E-state index in [4.69, 9.17) is 9.47 Å². The number of allylic oxidation sites excluding steroid dienone is 7. The summed E-state index contributed by atoms with van der Waals surface area (Å²) in [6.45, 7) is 3.81. The summed E-state index contributed by atoms with van der Waals surface area (Å²) in [5, 5.41) is 54.8. The highest BCUT2D eigenvalue weighted by molar-refractivity contribution is 5.76. The van der Waals surface area contributed by atoms with Crippen molar-refractivity contribution in [1.82, 2.24) is 5.32 Å². The number of nitrogens with one attached hydrogen (secondary N) is 1. The number of unbranched alkanes of at least 4 members (excludes halogenated alkanes) is 53. The highest BCUT2D eigenvalue weighted by atomic mass is 16.7. The number of rotatable bonds is 69. The van der Waals surface area contributed by atoms with Gasteiger partial charge >= 0.3 is 0 Å².